The van der Waals surface area contributed by atoms with Gasteiger partial charge >= 0.3 is 0 Å². The molecule has 0 fully saturated rings. The first kappa shape index (κ1) is 16.0. The maximum Gasteiger partial charge on any atom is -0.0354 e. The van der Waals surface area contributed by atoms with E-state index in [1.54, 1.807) is 0 Å². The summed E-state index contributed by atoms with van der Waals surface area (Å²) in [6.45, 7) is 19.0. The smallest absolute Gasteiger partial charge is 0.0354 e. The summed E-state index contributed by atoms with van der Waals surface area (Å²) in [6.07, 6.45) is 4.15. The molecule has 0 amide bonds. The third-order valence-corrected chi connectivity index (χ3v) is 4.68. The molecule has 3 unspecified atom stereocenters. The molecule has 0 heteroatoms. The van der Waals surface area contributed by atoms with Crippen molar-refractivity contribution < 1.29 is 0 Å². The van der Waals surface area contributed by atoms with Crippen molar-refractivity contribution in [2.45, 2.75) is 74.7 Å². The molecular formula is C16H34. The van der Waals surface area contributed by atoms with Gasteiger partial charge in [0.05, 0.1) is 0 Å². The monoisotopic (exact) mass is 226 g/mol. The van der Waals surface area contributed by atoms with Crippen molar-refractivity contribution in [2.75, 3.05) is 0 Å². The van der Waals surface area contributed by atoms with Crippen molar-refractivity contribution in [1.82, 2.24) is 0 Å². The fraction of sp³-hybridized carbons (Fsp3) is 1.00. The molecule has 0 aromatic heterocycles. The summed E-state index contributed by atoms with van der Waals surface area (Å²) in [4.78, 5) is 0. The number of hydrogen-bond donors (Lipinski definition) is 0. The topological polar surface area (TPSA) is 0 Å². The first-order valence-corrected chi connectivity index (χ1v) is 7.20. The van der Waals surface area contributed by atoms with E-state index in [-0.39, 0.29) is 0 Å². The van der Waals surface area contributed by atoms with E-state index in [0.717, 1.165) is 23.7 Å². The van der Waals surface area contributed by atoms with Gasteiger partial charge in [-0.25, -0.2) is 0 Å². The van der Waals surface area contributed by atoms with Gasteiger partial charge in [0.1, 0.15) is 0 Å². The predicted octanol–water partition coefficient (Wildman–Crippen LogP) is 5.77. The van der Waals surface area contributed by atoms with Crippen LogP contribution in [0.4, 0.5) is 0 Å². The minimum atomic E-state index is 0.457. The summed E-state index contributed by atoms with van der Waals surface area (Å²) < 4.78 is 0. The highest BCUT2D eigenvalue weighted by Crippen LogP contribution is 2.35. The highest BCUT2D eigenvalue weighted by molar-refractivity contribution is 4.75. The van der Waals surface area contributed by atoms with Gasteiger partial charge in [-0.05, 0) is 35.5 Å². The van der Waals surface area contributed by atoms with Crippen molar-refractivity contribution in [3.8, 4) is 0 Å². The average molecular weight is 226 g/mol. The van der Waals surface area contributed by atoms with E-state index in [1.807, 2.05) is 0 Å². The van der Waals surface area contributed by atoms with Gasteiger partial charge < -0.3 is 0 Å². The Morgan fingerprint density at radius 2 is 1.38 bits per heavy atom. The third-order valence-electron chi connectivity index (χ3n) is 4.68. The molecule has 0 aliphatic rings. The van der Waals surface area contributed by atoms with Crippen LogP contribution >= 0.6 is 0 Å². The minimum absolute atomic E-state index is 0.457. The molecule has 0 saturated heterocycles. The lowest BCUT2D eigenvalue weighted by Gasteiger charge is -2.33. The van der Waals surface area contributed by atoms with Gasteiger partial charge in [0.2, 0.25) is 0 Å². The van der Waals surface area contributed by atoms with Gasteiger partial charge in [0.25, 0.3) is 0 Å². The van der Waals surface area contributed by atoms with Gasteiger partial charge in [0.15, 0.2) is 0 Å². The molecule has 0 bridgehead atoms. The van der Waals surface area contributed by atoms with E-state index in [1.165, 1.54) is 19.3 Å². The van der Waals surface area contributed by atoms with Crippen molar-refractivity contribution in [1.29, 1.82) is 0 Å². The fourth-order valence-electron chi connectivity index (χ4n) is 2.59. The van der Waals surface area contributed by atoms with Crippen LogP contribution in [0.1, 0.15) is 74.7 Å². The summed E-state index contributed by atoms with van der Waals surface area (Å²) in [5, 5.41) is 0. The summed E-state index contributed by atoms with van der Waals surface area (Å²) in [5.74, 6) is 3.45. The van der Waals surface area contributed by atoms with E-state index >= 15 is 0 Å². The van der Waals surface area contributed by atoms with Crippen LogP contribution < -0.4 is 0 Å². The van der Waals surface area contributed by atoms with Crippen LogP contribution in [0.25, 0.3) is 0 Å². The molecule has 0 rings (SSSR count). The second-order valence-corrected chi connectivity index (χ2v) is 7.12. The quantitative estimate of drug-likeness (QED) is 0.539. The summed E-state index contributed by atoms with van der Waals surface area (Å²) in [6, 6.07) is 0. The van der Waals surface area contributed by atoms with E-state index in [9.17, 15) is 0 Å². The van der Waals surface area contributed by atoms with E-state index < -0.39 is 0 Å². The molecule has 0 heterocycles. The Balaban J connectivity index is 4.11. The molecule has 0 nitrogen and oxygen atoms in total. The van der Waals surface area contributed by atoms with Crippen molar-refractivity contribution in [3.63, 3.8) is 0 Å². The molecule has 0 aliphatic carbocycles. The fourth-order valence-corrected chi connectivity index (χ4v) is 2.59. The summed E-state index contributed by atoms with van der Waals surface area (Å²) in [5.41, 5.74) is 0.457. The standard InChI is InChI=1S/C16H34/c1-9-15(12(2)3)11-10-13(4)14(5)16(6,7)8/h12-15H,9-11H2,1-8H3. The molecule has 98 valence electrons. The SMILES string of the molecule is CCC(CCC(C)C(C)C(C)(C)C)C(C)C. The van der Waals surface area contributed by atoms with E-state index in [2.05, 4.69) is 55.4 Å². The Labute approximate surface area is 104 Å². The molecule has 0 aromatic carbocycles. The third kappa shape index (κ3) is 5.37. The van der Waals surface area contributed by atoms with Gasteiger partial charge in [-0.15, -0.1) is 0 Å². The molecule has 0 spiro atoms. The lowest BCUT2D eigenvalue weighted by molar-refractivity contribution is 0.168. The lowest BCUT2D eigenvalue weighted by Crippen LogP contribution is -2.24. The van der Waals surface area contributed by atoms with Crippen LogP contribution in [0.3, 0.4) is 0 Å². The molecule has 0 N–H and O–H groups in total. The zero-order valence-electron chi connectivity index (χ0n) is 12.9. The summed E-state index contributed by atoms with van der Waals surface area (Å²) >= 11 is 0. The molecule has 0 aromatic rings. The first-order valence-electron chi connectivity index (χ1n) is 7.20. The molecule has 3 atom stereocenters. The maximum atomic E-state index is 2.43. The molecular weight excluding hydrogens is 192 g/mol. The zero-order valence-corrected chi connectivity index (χ0v) is 12.9. The minimum Gasteiger partial charge on any atom is -0.0651 e. The molecule has 0 aliphatic heterocycles. The molecule has 0 saturated carbocycles. The van der Waals surface area contributed by atoms with Crippen LogP contribution in [0.2, 0.25) is 0 Å². The maximum absolute atomic E-state index is 2.43. The predicted molar refractivity (Wildman–Crippen MR) is 75.6 cm³/mol. The van der Waals surface area contributed by atoms with Crippen LogP contribution in [0.15, 0.2) is 0 Å². The van der Waals surface area contributed by atoms with E-state index in [0.29, 0.717) is 5.41 Å². The van der Waals surface area contributed by atoms with Crippen LogP contribution in [-0.4, -0.2) is 0 Å². The Kier molecular flexibility index (Phi) is 6.67. The highest BCUT2D eigenvalue weighted by Gasteiger charge is 2.25. The molecule has 16 heavy (non-hydrogen) atoms. The van der Waals surface area contributed by atoms with Crippen LogP contribution in [-0.2, 0) is 0 Å². The Morgan fingerprint density at radius 1 is 0.875 bits per heavy atom. The largest absolute Gasteiger partial charge is 0.0651 e. The van der Waals surface area contributed by atoms with Gasteiger partial charge in [-0.3, -0.25) is 0 Å². The van der Waals surface area contributed by atoms with Gasteiger partial charge in [-0.2, -0.15) is 0 Å². The normalized spacial score (nSPS) is 18.6. The van der Waals surface area contributed by atoms with Crippen molar-refractivity contribution >= 4 is 0 Å². The van der Waals surface area contributed by atoms with E-state index in [4.69, 9.17) is 0 Å². The Hall–Kier alpha value is 0. The second kappa shape index (κ2) is 6.67. The van der Waals surface area contributed by atoms with Crippen molar-refractivity contribution in [2.24, 2.45) is 29.1 Å². The Bertz CT molecular complexity index is 173. The zero-order chi connectivity index (χ0) is 12.9. The highest BCUT2D eigenvalue weighted by atomic mass is 14.3. The summed E-state index contributed by atoms with van der Waals surface area (Å²) in [7, 11) is 0. The van der Waals surface area contributed by atoms with Crippen LogP contribution in [0, 0.1) is 29.1 Å². The first-order chi connectivity index (χ1) is 7.20. The van der Waals surface area contributed by atoms with Gasteiger partial charge in [-0.1, -0.05) is 68.2 Å². The lowest BCUT2D eigenvalue weighted by atomic mass is 9.72. The van der Waals surface area contributed by atoms with Gasteiger partial charge in [0, 0.05) is 0 Å². The number of rotatable bonds is 6. The van der Waals surface area contributed by atoms with Crippen molar-refractivity contribution in [3.05, 3.63) is 0 Å². The molecule has 0 radical (unpaired) electrons. The van der Waals surface area contributed by atoms with Crippen LogP contribution in [0.5, 0.6) is 0 Å². The second-order valence-electron chi connectivity index (χ2n) is 7.12. The number of hydrogen-bond acceptors (Lipinski definition) is 0. The average Bonchev–Trinajstić information content (AvgIpc) is 2.15. The Morgan fingerprint density at radius 3 is 1.69 bits per heavy atom.